The second kappa shape index (κ2) is 9.99. The lowest BCUT2D eigenvalue weighted by Crippen LogP contribution is -2.35. The van der Waals surface area contributed by atoms with Crippen LogP contribution in [0.4, 0.5) is 5.69 Å². The van der Waals surface area contributed by atoms with Crippen molar-refractivity contribution in [1.29, 1.82) is 0 Å². The van der Waals surface area contributed by atoms with Crippen molar-refractivity contribution >= 4 is 44.7 Å². The summed E-state index contributed by atoms with van der Waals surface area (Å²) in [5.74, 6) is 0.603. The molecule has 1 amide bonds. The molecule has 4 rings (SSSR count). The number of hydrogen-bond acceptors (Lipinski definition) is 5. The van der Waals surface area contributed by atoms with E-state index < -0.39 is 10.0 Å². The molecule has 0 bridgehead atoms. The number of sulfonamides is 1. The van der Waals surface area contributed by atoms with Crippen LogP contribution < -0.4 is 5.32 Å². The van der Waals surface area contributed by atoms with Crippen LogP contribution in [0.5, 0.6) is 0 Å². The van der Waals surface area contributed by atoms with Gasteiger partial charge in [0.25, 0.3) is 5.91 Å². The first-order valence-electron chi connectivity index (χ1n) is 10.2. The van der Waals surface area contributed by atoms with Crippen LogP contribution >= 0.6 is 23.1 Å². The van der Waals surface area contributed by atoms with E-state index in [9.17, 15) is 13.2 Å². The molecule has 1 N–H and O–H groups in total. The van der Waals surface area contributed by atoms with Crippen LogP contribution in [0.2, 0.25) is 0 Å². The third-order valence-electron chi connectivity index (χ3n) is 5.15. The second-order valence-electron chi connectivity index (χ2n) is 7.31. The Hall–Kier alpha value is -2.13. The number of nitrogens with one attached hydrogen (secondary N) is 1. The maximum atomic E-state index is 12.9. The summed E-state index contributed by atoms with van der Waals surface area (Å²) >= 11 is 3.33. The van der Waals surface area contributed by atoms with Crippen LogP contribution in [0, 0.1) is 0 Å². The van der Waals surface area contributed by atoms with Crippen LogP contribution in [0.25, 0.3) is 0 Å². The first kappa shape index (κ1) is 22.1. The molecule has 0 spiro atoms. The Bertz CT molecular complexity index is 1120. The zero-order valence-electron chi connectivity index (χ0n) is 17.0. The van der Waals surface area contributed by atoms with Gasteiger partial charge in [-0.05, 0) is 60.7 Å². The number of thioether (sulfide) groups is 1. The van der Waals surface area contributed by atoms with E-state index in [1.807, 2.05) is 29.6 Å². The highest BCUT2D eigenvalue weighted by Crippen LogP contribution is 2.29. The SMILES string of the molecule is O=C(Nc1ccc(S(=O)(=O)N2CCCCC2)cc1)c1ccccc1SCc1cccs1. The minimum atomic E-state index is -3.48. The lowest BCUT2D eigenvalue weighted by Gasteiger charge is -2.25. The Labute approximate surface area is 191 Å². The topological polar surface area (TPSA) is 66.5 Å². The Morgan fingerprint density at radius 2 is 1.71 bits per heavy atom. The fraction of sp³-hybridized carbons (Fsp3) is 0.261. The lowest BCUT2D eigenvalue weighted by molar-refractivity contribution is 0.102. The molecule has 1 fully saturated rings. The molecule has 0 unspecified atom stereocenters. The van der Waals surface area contributed by atoms with Gasteiger partial charge in [0.15, 0.2) is 0 Å². The molecule has 1 aliphatic rings. The van der Waals surface area contributed by atoms with Gasteiger partial charge in [0.1, 0.15) is 0 Å². The van der Waals surface area contributed by atoms with Gasteiger partial charge < -0.3 is 5.32 Å². The van der Waals surface area contributed by atoms with Crippen molar-refractivity contribution in [3.05, 3.63) is 76.5 Å². The number of piperidine rings is 1. The normalized spacial score (nSPS) is 15.0. The Balaban J connectivity index is 1.44. The average Bonchev–Trinajstić information content (AvgIpc) is 3.32. The summed E-state index contributed by atoms with van der Waals surface area (Å²) in [6.45, 7) is 1.14. The summed E-state index contributed by atoms with van der Waals surface area (Å²) in [7, 11) is -3.48. The number of carbonyl (C=O) groups excluding carboxylic acids is 1. The quantitative estimate of drug-likeness (QED) is 0.463. The van der Waals surface area contributed by atoms with Crippen LogP contribution in [-0.2, 0) is 15.8 Å². The summed E-state index contributed by atoms with van der Waals surface area (Å²) in [5.41, 5.74) is 1.18. The molecule has 31 heavy (non-hydrogen) atoms. The molecule has 2 aromatic carbocycles. The maximum Gasteiger partial charge on any atom is 0.256 e. The molecule has 0 aliphatic carbocycles. The van der Waals surface area contributed by atoms with E-state index >= 15 is 0 Å². The molecule has 3 aromatic rings. The van der Waals surface area contributed by atoms with E-state index in [1.165, 1.54) is 4.88 Å². The van der Waals surface area contributed by atoms with Gasteiger partial charge in [-0.1, -0.05) is 24.6 Å². The zero-order valence-corrected chi connectivity index (χ0v) is 19.4. The van der Waals surface area contributed by atoms with E-state index in [1.54, 1.807) is 57.7 Å². The van der Waals surface area contributed by atoms with E-state index in [4.69, 9.17) is 0 Å². The summed E-state index contributed by atoms with van der Waals surface area (Å²) < 4.78 is 27.1. The number of thiophene rings is 1. The van der Waals surface area contributed by atoms with Gasteiger partial charge in [-0.2, -0.15) is 4.31 Å². The predicted molar refractivity (Wildman–Crippen MR) is 127 cm³/mol. The Kier molecular flexibility index (Phi) is 7.12. The molecule has 8 heteroatoms. The number of carbonyl (C=O) groups is 1. The van der Waals surface area contributed by atoms with Crippen molar-refractivity contribution in [2.45, 2.75) is 34.8 Å². The van der Waals surface area contributed by atoms with Gasteiger partial charge in [-0.15, -0.1) is 23.1 Å². The molecule has 0 radical (unpaired) electrons. The van der Waals surface area contributed by atoms with Crippen molar-refractivity contribution in [2.24, 2.45) is 0 Å². The van der Waals surface area contributed by atoms with Gasteiger partial charge in [-0.25, -0.2) is 8.42 Å². The van der Waals surface area contributed by atoms with E-state index in [2.05, 4.69) is 11.4 Å². The fourth-order valence-electron chi connectivity index (χ4n) is 3.49. The molecule has 2 heterocycles. The smallest absolute Gasteiger partial charge is 0.256 e. The highest BCUT2D eigenvalue weighted by molar-refractivity contribution is 7.98. The van der Waals surface area contributed by atoms with Crippen LogP contribution in [0.15, 0.2) is 75.8 Å². The largest absolute Gasteiger partial charge is 0.322 e. The first-order valence-corrected chi connectivity index (χ1v) is 13.5. The van der Waals surface area contributed by atoms with Crippen molar-refractivity contribution in [3.8, 4) is 0 Å². The maximum absolute atomic E-state index is 12.9. The highest BCUT2D eigenvalue weighted by atomic mass is 32.2. The van der Waals surface area contributed by atoms with Gasteiger partial charge in [-0.3, -0.25) is 4.79 Å². The lowest BCUT2D eigenvalue weighted by atomic mass is 10.2. The Morgan fingerprint density at radius 1 is 0.968 bits per heavy atom. The first-order chi connectivity index (χ1) is 15.0. The monoisotopic (exact) mass is 472 g/mol. The molecule has 162 valence electrons. The summed E-state index contributed by atoms with van der Waals surface area (Å²) in [4.78, 5) is 15.3. The number of benzene rings is 2. The molecular formula is C23H24N2O3S3. The predicted octanol–water partition coefficient (Wildman–Crippen LogP) is 5.47. The van der Waals surface area contributed by atoms with Gasteiger partial charge in [0.05, 0.1) is 10.5 Å². The molecule has 0 atom stereocenters. The number of nitrogens with zero attached hydrogens (tertiary/aromatic N) is 1. The number of rotatable bonds is 7. The number of hydrogen-bond donors (Lipinski definition) is 1. The van der Waals surface area contributed by atoms with Gasteiger partial charge in [0.2, 0.25) is 10.0 Å². The van der Waals surface area contributed by atoms with Gasteiger partial charge in [0, 0.05) is 34.3 Å². The van der Waals surface area contributed by atoms with Crippen molar-refractivity contribution < 1.29 is 13.2 Å². The van der Waals surface area contributed by atoms with Crippen molar-refractivity contribution in [2.75, 3.05) is 18.4 Å². The van der Waals surface area contributed by atoms with Crippen LogP contribution in [-0.4, -0.2) is 31.7 Å². The third kappa shape index (κ3) is 5.38. The third-order valence-corrected chi connectivity index (χ3v) is 9.24. The van der Waals surface area contributed by atoms with Crippen molar-refractivity contribution in [1.82, 2.24) is 4.31 Å². The summed E-state index contributed by atoms with van der Waals surface area (Å²) in [6.07, 6.45) is 2.87. The summed E-state index contributed by atoms with van der Waals surface area (Å²) in [5, 5.41) is 4.94. The van der Waals surface area contributed by atoms with E-state index in [0.717, 1.165) is 29.9 Å². The molecule has 1 aliphatic heterocycles. The fourth-order valence-corrected chi connectivity index (χ4v) is 6.83. The highest BCUT2D eigenvalue weighted by Gasteiger charge is 2.25. The molecule has 1 aromatic heterocycles. The minimum absolute atomic E-state index is 0.207. The summed E-state index contributed by atoms with van der Waals surface area (Å²) in [6, 6.07) is 18.1. The molecule has 1 saturated heterocycles. The zero-order chi connectivity index (χ0) is 21.7. The van der Waals surface area contributed by atoms with Crippen molar-refractivity contribution in [3.63, 3.8) is 0 Å². The molecule has 5 nitrogen and oxygen atoms in total. The standard InChI is InChI=1S/C23H24N2O3S3/c26-23(21-8-2-3-9-22(21)30-17-19-7-6-16-29-19)24-18-10-12-20(13-11-18)31(27,28)25-14-4-1-5-15-25/h2-3,6-13,16H,1,4-5,14-15,17H2,(H,24,26). The minimum Gasteiger partial charge on any atom is -0.322 e. The van der Waals surface area contributed by atoms with Crippen LogP contribution in [0.1, 0.15) is 34.5 Å². The molecule has 0 saturated carbocycles. The average molecular weight is 473 g/mol. The number of amides is 1. The second-order valence-corrected chi connectivity index (χ2v) is 11.3. The van der Waals surface area contributed by atoms with E-state index in [0.29, 0.717) is 24.3 Å². The Morgan fingerprint density at radius 3 is 2.42 bits per heavy atom. The van der Waals surface area contributed by atoms with E-state index in [-0.39, 0.29) is 10.8 Å². The molecular weight excluding hydrogens is 448 g/mol. The number of anilines is 1. The van der Waals surface area contributed by atoms with Crippen LogP contribution in [0.3, 0.4) is 0 Å². The van der Waals surface area contributed by atoms with Gasteiger partial charge >= 0.3 is 0 Å².